The first-order chi connectivity index (χ1) is 12.9. The normalized spacial score (nSPS) is 15.4. The lowest BCUT2D eigenvalue weighted by Gasteiger charge is -2.09. The van der Waals surface area contributed by atoms with E-state index in [2.05, 4.69) is 0 Å². The molecule has 138 valence electrons. The van der Waals surface area contributed by atoms with E-state index in [1.54, 1.807) is 18.2 Å². The Hall–Kier alpha value is -2.77. The van der Waals surface area contributed by atoms with Crippen molar-refractivity contribution in [2.45, 2.75) is 6.61 Å². The van der Waals surface area contributed by atoms with Gasteiger partial charge < -0.3 is 9.84 Å². The molecule has 0 aromatic heterocycles. The number of imide groups is 1. The van der Waals surface area contributed by atoms with Crippen molar-refractivity contribution >= 4 is 46.6 Å². The topological polar surface area (TPSA) is 83.9 Å². The van der Waals surface area contributed by atoms with Crippen LogP contribution in [0.2, 0.25) is 5.02 Å². The Balaban J connectivity index is 1.72. The number of aliphatic carboxylic acids is 1. The summed E-state index contributed by atoms with van der Waals surface area (Å²) < 4.78 is 5.69. The fourth-order valence-corrected chi connectivity index (χ4v) is 3.46. The van der Waals surface area contributed by atoms with E-state index < -0.39 is 23.7 Å². The number of halogens is 1. The third-order valence-electron chi connectivity index (χ3n) is 3.66. The van der Waals surface area contributed by atoms with Gasteiger partial charge in [-0.3, -0.25) is 19.3 Å². The maximum absolute atomic E-state index is 12.2. The molecule has 1 heterocycles. The Morgan fingerprint density at radius 3 is 2.59 bits per heavy atom. The molecule has 0 aliphatic carbocycles. The molecular formula is C19H14ClNO5S. The highest BCUT2D eigenvalue weighted by atomic mass is 35.5. The average molecular weight is 404 g/mol. The molecule has 0 bridgehead atoms. The second-order valence-corrected chi connectivity index (χ2v) is 7.03. The summed E-state index contributed by atoms with van der Waals surface area (Å²) in [5.41, 5.74) is 1.61. The van der Waals surface area contributed by atoms with Crippen LogP contribution < -0.4 is 4.74 Å². The summed E-state index contributed by atoms with van der Waals surface area (Å²) in [4.78, 5) is 35.5. The molecular weight excluding hydrogens is 390 g/mol. The smallest absolute Gasteiger partial charge is 0.323 e. The van der Waals surface area contributed by atoms with Crippen molar-refractivity contribution in [2.75, 3.05) is 6.54 Å². The largest absolute Gasteiger partial charge is 0.487 e. The van der Waals surface area contributed by atoms with E-state index in [1.807, 2.05) is 30.3 Å². The molecule has 27 heavy (non-hydrogen) atoms. The molecule has 2 aromatic rings. The number of nitrogens with zero attached hydrogens (tertiary/aromatic N) is 1. The van der Waals surface area contributed by atoms with Gasteiger partial charge in [-0.2, -0.15) is 0 Å². The summed E-state index contributed by atoms with van der Waals surface area (Å²) in [7, 11) is 0. The van der Waals surface area contributed by atoms with Gasteiger partial charge in [-0.15, -0.1) is 0 Å². The van der Waals surface area contributed by atoms with Crippen LogP contribution in [0.25, 0.3) is 6.08 Å². The molecule has 0 saturated carbocycles. The number of hydrogen-bond acceptors (Lipinski definition) is 5. The number of carboxylic acids is 1. The zero-order valence-electron chi connectivity index (χ0n) is 13.9. The van der Waals surface area contributed by atoms with Crippen molar-refractivity contribution in [1.29, 1.82) is 0 Å². The maximum atomic E-state index is 12.2. The summed E-state index contributed by atoms with van der Waals surface area (Å²) in [6.45, 7) is -0.289. The van der Waals surface area contributed by atoms with Gasteiger partial charge in [-0.25, -0.2) is 0 Å². The highest BCUT2D eigenvalue weighted by Gasteiger charge is 2.36. The van der Waals surface area contributed by atoms with Crippen LogP contribution in [0, 0.1) is 0 Å². The van der Waals surface area contributed by atoms with Crippen LogP contribution in [-0.4, -0.2) is 33.7 Å². The zero-order chi connectivity index (χ0) is 19.4. The van der Waals surface area contributed by atoms with Crippen molar-refractivity contribution in [3.8, 4) is 5.75 Å². The second kappa shape index (κ2) is 8.28. The Kier molecular flexibility index (Phi) is 5.83. The first kappa shape index (κ1) is 19.0. The van der Waals surface area contributed by atoms with Gasteiger partial charge in [0.2, 0.25) is 0 Å². The molecule has 8 heteroatoms. The van der Waals surface area contributed by atoms with Crippen molar-refractivity contribution < 1.29 is 24.2 Å². The lowest BCUT2D eigenvalue weighted by Crippen LogP contribution is -2.33. The van der Waals surface area contributed by atoms with E-state index in [1.165, 1.54) is 6.08 Å². The van der Waals surface area contributed by atoms with Crippen molar-refractivity contribution in [3.05, 3.63) is 69.6 Å². The number of rotatable bonds is 6. The van der Waals surface area contributed by atoms with Crippen LogP contribution in [0.1, 0.15) is 11.1 Å². The van der Waals surface area contributed by atoms with Gasteiger partial charge in [0.1, 0.15) is 18.9 Å². The maximum Gasteiger partial charge on any atom is 0.323 e. The predicted octanol–water partition coefficient (Wildman–Crippen LogP) is 4.04. The number of ether oxygens (including phenoxy) is 1. The van der Waals surface area contributed by atoms with Crippen LogP contribution in [-0.2, 0) is 16.2 Å². The van der Waals surface area contributed by atoms with E-state index in [0.717, 1.165) is 5.56 Å². The fraction of sp³-hybridized carbons (Fsp3) is 0.105. The van der Waals surface area contributed by atoms with Crippen LogP contribution in [0.4, 0.5) is 4.79 Å². The van der Waals surface area contributed by atoms with Gasteiger partial charge in [0.25, 0.3) is 11.1 Å². The number of amides is 2. The minimum absolute atomic E-state index is 0.148. The molecule has 1 N–H and O–H groups in total. The lowest BCUT2D eigenvalue weighted by molar-refractivity contribution is -0.140. The van der Waals surface area contributed by atoms with Crippen molar-refractivity contribution in [3.63, 3.8) is 0 Å². The van der Waals surface area contributed by atoms with E-state index in [9.17, 15) is 14.4 Å². The van der Waals surface area contributed by atoms with Crippen molar-refractivity contribution in [2.24, 2.45) is 0 Å². The number of thioether (sulfide) groups is 1. The zero-order valence-corrected chi connectivity index (χ0v) is 15.5. The Morgan fingerprint density at radius 1 is 1.19 bits per heavy atom. The summed E-state index contributed by atoms with van der Waals surface area (Å²) in [6, 6.07) is 14.6. The molecule has 3 rings (SSSR count). The SMILES string of the molecule is O=C(O)CN1C(=O)S/C(=C\c2ccc(OCc3ccccc3)c(Cl)c2)C1=O. The number of carbonyl (C=O) groups is 3. The highest BCUT2D eigenvalue weighted by molar-refractivity contribution is 8.18. The molecule has 1 aliphatic heterocycles. The molecule has 6 nitrogen and oxygen atoms in total. The van der Waals surface area contributed by atoms with Gasteiger partial charge in [0.05, 0.1) is 9.93 Å². The molecule has 2 aromatic carbocycles. The van der Waals surface area contributed by atoms with Gasteiger partial charge in [0, 0.05) is 0 Å². The number of carboxylic acid groups (broad SMARTS) is 1. The van der Waals surface area contributed by atoms with Crippen LogP contribution in [0.15, 0.2) is 53.4 Å². The summed E-state index contributed by atoms with van der Waals surface area (Å²) in [5.74, 6) is -1.38. The van der Waals surface area contributed by atoms with Gasteiger partial charge >= 0.3 is 5.97 Å². The minimum atomic E-state index is -1.25. The lowest BCUT2D eigenvalue weighted by atomic mass is 10.2. The minimum Gasteiger partial charge on any atom is -0.487 e. The number of benzene rings is 2. The van der Waals surface area contributed by atoms with Crippen LogP contribution >= 0.6 is 23.4 Å². The van der Waals surface area contributed by atoms with Gasteiger partial charge in [0.15, 0.2) is 0 Å². The first-order valence-corrected chi connectivity index (χ1v) is 9.07. The monoisotopic (exact) mass is 403 g/mol. The average Bonchev–Trinajstić information content (AvgIpc) is 2.89. The molecule has 1 aliphatic rings. The standard InChI is InChI=1S/C19H14ClNO5S/c20-14-8-13(6-7-15(14)26-11-12-4-2-1-3-5-12)9-16-18(24)21(10-17(22)23)19(25)27-16/h1-9H,10-11H2,(H,22,23)/b16-9-. The van der Waals surface area contributed by atoms with E-state index in [0.29, 0.717) is 39.6 Å². The number of hydrogen-bond donors (Lipinski definition) is 1. The second-order valence-electron chi connectivity index (χ2n) is 5.63. The Morgan fingerprint density at radius 2 is 1.93 bits per heavy atom. The van der Waals surface area contributed by atoms with Crippen LogP contribution in [0.3, 0.4) is 0 Å². The third-order valence-corrected chi connectivity index (χ3v) is 4.86. The molecule has 1 fully saturated rings. The van der Waals surface area contributed by atoms with E-state index >= 15 is 0 Å². The third kappa shape index (κ3) is 4.69. The molecule has 0 spiro atoms. The predicted molar refractivity (Wildman–Crippen MR) is 103 cm³/mol. The summed E-state index contributed by atoms with van der Waals surface area (Å²) in [6.07, 6.45) is 1.50. The molecule has 1 saturated heterocycles. The fourth-order valence-electron chi connectivity index (χ4n) is 2.38. The summed E-state index contributed by atoms with van der Waals surface area (Å²) >= 11 is 6.94. The van der Waals surface area contributed by atoms with Gasteiger partial charge in [-0.1, -0.05) is 48.0 Å². The highest BCUT2D eigenvalue weighted by Crippen LogP contribution is 2.33. The Labute approximate surface area is 164 Å². The molecule has 2 amide bonds. The quantitative estimate of drug-likeness (QED) is 0.733. The number of carbonyl (C=O) groups excluding carboxylic acids is 2. The first-order valence-electron chi connectivity index (χ1n) is 7.87. The van der Waals surface area contributed by atoms with Gasteiger partial charge in [-0.05, 0) is 41.1 Å². The summed E-state index contributed by atoms with van der Waals surface area (Å²) in [5, 5.41) is 8.54. The van der Waals surface area contributed by atoms with Crippen LogP contribution in [0.5, 0.6) is 5.75 Å². The molecule has 0 radical (unpaired) electrons. The Bertz CT molecular complexity index is 929. The molecule has 0 unspecified atom stereocenters. The van der Waals surface area contributed by atoms with Crippen molar-refractivity contribution in [1.82, 2.24) is 4.90 Å². The van der Waals surface area contributed by atoms with E-state index in [-0.39, 0.29) is 4.91 Å². The van der Waals surface area contributed by atoms with E-state index in [4.69, 9.17) is 21.4 Å². The molecule has 0 atom stereocenters.